The Morgan fingerprint density at radius 3 is 2.53 bits per heavy atom. The highest BCUT2D eigenvalue weighted by Gasteiger charge is 2.60. The molecule has 0 aromatic carbocycles. The normalized spacial score (nSPS) is 38.1. The van der Waals surface area contributed by atoms with Crippen molar-refractivity contribution in [1.82, 2.24) is 4.90 Å². The number of hydrogen-bond acceptors (Lipinski definition) is 2. The smallest absolute Gasteiger partial charge is 0.262 e. The van der Waals surface area contributed by atoms with Gasteiger partial charge in [0.15, 0.2) is 0 Å². The number of nitrogens with zero attached hydrogens (tertiary/aromatic N) is 1. The number of ether oxygens (including phenoxy) is 1. The van der Waals surface area contributed by atoms with Crippen LogP contribution in [0.15, 0.2) is 0 Å². The molecule has 80 valence electrons. The van der Waals surface area contributed by atoms with E-state index in [4.69, 9.17) is 20.4 Å². The van der Waals surface area contributed by atoms with Gasteiger partial charge >= 0.3 is 0 Å². The summed E-state index contributed by atoms with van der Waals surface area (Å²) in [5.74, 6) is -2.64. The molecule has 0 saturated carbocycles. The Morgan fingerprint density at radius 1 is 1.27 bits per heavy atom. The lowest BCUT2D eigenvalue weighted by molar-refractivity contribution is 0.00582. The van der Waals surface area contributed by atoms with Crippen molar-refractivity contribution in [3.8, 4) is 0 Å². The summed E-state index contributed by atoms with van der Waals surface area (Å²) in [5, 5.41) is -0.866. The summed E-state index contributed by atoms with van der Waals surface area (Å²) in [5.41, 5.74) is -0.665. The van der Waals surface area contributed by atoms with E-state index >= 15 is 0 Å². The van der Waals surface area contributed by atoms with E-state index in [0.717, 1.165) is 0 Å². The molecule has 1 unspecified atom stereocenters. The van der Waals surface area contributed by atoms with Gasteiger partial charge < -0.3 is 4.74 Å². The molecule has 2 rings (SSSR count). The van der Waals surface area contributed by atoms with Gasteiger partial charge in [-0.3, -0.25) is 4.90 Å². The minimum absolute atomic E-state index is 0.204. The zero-order chi connectivity index (χ0) is 11.3. The Kier molecular flexibility index (Phi) is 2.43. The van der Waals surface area contributed by atoms with Crippen LogP contribution in [-0.2, 0) is 4.74 Å². The molecular weight excluding hydrogens is 198 g/mol. The summed E-state index contributed by atoms with van der Waals surface area (Å²) in [6.07, 6.45) is 0.160. The first-order valence-electron chi connectivity index (χ1n) is 4.98. The molecule has 0 N–H and O–H groups in total. The molecule has 0 bridgehead atoms. The van der Waals surface area contributed by atoms with Gasteiger partial charge in [-0.1, -0.05) is 5.21 Å². The third-order valence-corrected chi connectivity index (χ3v) is 3.24. The first kappa shape index (κ1) is 11.4. The molecule has 0 spiro atoms. The molecule has 4 radical (unpaired) electrons. The van der Waals surface area contributed by atoms with Gasteiger partial charge in [0.2, 0.25) is 0 Å². The Labute approximate surface area is 91.2 Å². The molecule has 0 amide bonds. The molecule has 2 saturated heterocycles. The molecule has 2 aliphatic heterocycles. The van der Waals surface area contributed by atoms with E-state index < -0.39 is 16.7 Å². The molecule has 2 heterocycles. The molecular formula is C9H13B2F2NO. The molecule has 15 heavy (non-hydrogen) atoms. The third kappa shape index (κ3) is 1.94. The number of halogens is 2. The largest absolute Gasteiger partial charge is 0.383 e. The second kappa shape index (κ2) is 3.20. The number of alkyl halides is 2. The summed E-state index contributed by atoms with van der Waals surface area (Å²) in [7, 11) is 13.1. The monoisotopic (exact) mass is 211 g/mol. The molecule has 0 aliphatic carbocycles. The fraction of sp³-hybridized carbons (Fsp3) is 1.00. The Hall–Kier alpha value is -0.0901. The third-order valence-electron chi connectivity index (χ3n) is 3.24. The maximum absolute atomic E-state index is 13.3. The van der Waals surface area contributed by atoms with Crippen LogP contribution in [0.4, 0.5) is 8.78 Å². The maximum atomic E-state index is 13.3. The highest BCUT2D eigenvalue weighted by molar-refractivity contribution is 6.40. The average molecular weight is 211 g/mol. The quantitative estimate of drug-likeness (QED) is 0.619. The van der Waals surface area contributed by atoms with Gasteiger partial charge in [0.1, 0.15) is 0 Å². The predicted octanol–water partition coefficient (Wildman–Crippen LogP) is 0.569. The minimum Gasteiger partial charge on any atom is -0.383 e. The van der Waals surface area contributed by atoms with Crippen molar-refractivity contribution in [3.63, 3.8) is 0 Å². The van der Waals surface area contributed by atoms with Crippen molar-refractivity contribution in [3.05, 3.63) is 0 Å². The predicted molar refractivity (Wildman–Crippen MR) is 54.6 cm³/mol. The fourth-order valence-corrected chi connectivity index (χ4v) is 2.98. The number of rotatable bonds is 2. The highest BCUT2D eigenvalue weighted by atomic mass is 19.3. The van der Waals surface area contributed by atoms with Gasteiger partial charge in [-0.05, 0) is 13.0 Å². The van der Waals surface area contributed by atoms with Crippen LogP contribution in [0.1, 0.15) is 12.8 Å². The van der Waals surface area contributed by atoms with Gasteiger partial charge in [-0.2, -0.15) is 0 Å². The molecule has 2 fully saturated rings. The first-order valence-corrected chi connectivity index (χ1v) is 4.98. The molecule has 0 aromatic rings. The second-order valence-corrected chi connectivity index (χ2v) is 4.96. The van der Waals surface area contributed by atoms with Gasteiger partial charge in [0.25, 0.3) is 5.92 Å². The fourth-order valence-electron chi connectivity index (χ4n) is 2.98. The van der Waals surface area contributed by atoms with Crippen LogP contribution in [0.3, 0.4) is 0 Å². The molecule has 2 aliphatic rings. The molecule has 0 aromatic heterocycles. The Balaban J connectivity index is 2.22. The number of fused-ring (bicyclic) bond motifs is 1. The molecule has 6 heteroatoms. The first-order chi connectivity index (χ1) is 6.79. The molecule has 2 nitrogen and oxygen atoms in total. The number of methoxy groups -OCH3 is 1. The summed E-state index contributed by atoms with van der Waals surface area (Å²) < 4.78 is 31.6. The van der Waals surface area contributed by atoms with Crippen molar-refractivity contribution in [2.24, 2.45) is 0 Å². The topological polar surface area (TPSA) is 12.5 Å². The van der Waals surface area contributed by atoms with Gasteiger partial charge in [-0.25, -0.2) is 8.78 Å². The average Bonchev–Trinajstić information content (AvgIpc) is 2.31. The van der Waals surface area contributed by atoms with Crippen LogP contribution >= 0.6 is 0 Å². The van der Waals surface area contributed by atoms with Crippen LogP contribution in [0, 0.1) is 0 Å². The van der Waals surface area contributed by atoms with Gasteiger partial charge in [0, 0.05) is 19.1 Å². The van der Waals surface area contributed by atoms with Crippen molar-refractivity contribution in [2.45, 2.75) is 29.5 Å². The second-order valence-electron chi connectivity index (χ2n) is 4.96. The van der Waals surface area contributed by atoms with Crippen LogP contribution < -0.4 is 0 Å². The summed E-state index contributed by atoms with van der Waals surface area (Å²) >= 11 is 0. The number of hydrogen-bond donors (Lipinski definition) is 0. The highest BCUT2D eigenvalue weighted by Crippen LogP contribution is 2.52. The Bertz CT molecular complexity index is 253. The summed E-state index contributed by atoms with van der Waals surface area (Å²) in [4.78, 5) is 1.68. The Morgan fingerprint density at radius 2 is 1.93 bits per heavy atom. The lowest BCUT2D eigenvalue weighted by Crippen LogP contribution is -2.42. The van der Waals surface area contributed by atoms with Crippen LogP contribution in [0.2, 0.25) is 5.21 Å². The van der Waals surface area contributed by atoms with E-state index in [1.165, 1.54) is 7.11 Å². The van der Waals surface area contributed by atoms with Crippen molar-refractivity contribution in [1.29, 1.82) is 0 Å². The SMILES string of the molecule is [B]C1([B])CN2CC(F)(F)CC2(COC)C1. The van der Waals surface area contributed by atoms with E-state index in [-0.39, 0.29) is 19.6 Å². The van der Waals surface area contributed by atoms with E-state index in [1.54, 1.807) is 4.90 Å². The van der Waals surface area contributed by atoms with E-state index in [1.807, 2.05) is 0 Å². The standard InChI is InChI=1S/C9H13B2F2NO/c1-15-6-7-2-8(10,11)4-14(7)5-9(12,13)3-7/h2-6H2,1H3. The summed E-state index contributed by atoms with van der Waals surface area (Å²) in [6.45, 7) is 0.317. The van der Waals surface area contributed by atoms with Crippen LogP contribution in [0.25, 0.3) is 0 Å². The van der Waals surface area contributed by atoms with Crippen molar-refractivity contribution >= 4 is 15.7 Å². The maximum Gasteiger partial charge on any atom is 0.262 e. The zero-order valence-electron chi connectivity index (χ0n) is 8.80. The molecule has 1 atom stereocenters. The zero-order valence-corrected chi connectivity index (χ0v) is 8.80. The summed E-state index contributed by atoms with van der Waals surface area (Å²) in [6, 6.07) is 0. The van der Waals surface area contributed by atoms with Crippen molar-refractivity contribution in [2.75, 3.05) is 26.8 Å². The van der Waals surface area contributed by atoms with Gasteiger partial charge in [0.05, 0.1) is 28.8 Å². The van der Waals surface area contributed by atoms with E-state index in [2.05, 4.69) is 0 Å². The van der Waals surface area contributed by atoms with Crippen LogP contribution in [0.5, 0.6) is 0 Å². The van der Waals surface area contributed by atoms with Crippen LogP contribution in [-0.4, -0.2) is 58.9 Å². The lowest BCUT2D eigenvalue weighted by Gasteiger charge is -2.30. The minimum atomic E-state index is -2.64. The van der Waals surface area contributed by atoms with E-state index in [0.29, 0.717) is 13.0 Å². The lowest BCUT2D eigenvalue weighted by atomic mass is 9.52. The van der Waals surface area contributed by atoms with Gasteiger partial charge in [-0.15, -0.1) is 0 Å². The van der Waals surface area contributed by atoms with Crippen molar-refractivity contribution < 1.29 is 13.5 Å². The van der Waals surface area contributed by atoms with E-state index in [9.17, 15) is 8.78 Å².